The summed E-state index contributed by atoms with van der Waals surface area (Å²) >= 11 is 5.99. The molecule has 0 amide bonds. The van der Waals surface area contributed by atoms with Gasteiger partial charge in [0, 0.05) is 20.5 Å². The minimum Gasteiger partial charge on any atom is -0.452 e. The minimum atomic E-state index is -3.69. The van der Waals surface area contributed by atoms with E-state index < -0.39 is 16.0 Å². The molecule has 0 aliphatic rings. The number of benzene rings is 1. The summed E-state index contributed by atoms with van der Waals surface area (Å²) in [4.78, 5) is 16.2. The Labute approximate surface area is 150 Å². The summed E-state index contributed by atoms with van der Waals surface area (Å²) in [5.41, 5.74) is -0.0575. The quantitative estimate of drug-likeness (QED) is 0.671. The van der Waals surface area contributed by atoms with Crippen LogP contribution < -0.4 is 0 Å². The van der Waals surface area contributed by atoms with Crippen molar-refractivity contribution in [3.8, 4) is 0 Å². The van der Waals surface area contributed by atoms with E-state index in [4.69, 9.17) is 20.9 Å². The smallest absolute Gasteiger partial charge is 0.340 e. The van der Waals surface area contributed by atoms with E-state index in [-0.39, 0.29) is 28.0 Å². The average molecular weight is 388 g/mol. The van der Waals surface area contributed by atoms with Gasteiger partial charge in [0.2, 0.25) is 10.0 Å². The van der Waals surface area contributed by atoms with Crippen LogP contribution >= 0.6 is 11.6 Å². The van der Waals surface area contributed by atoms with Crippen molar-refractivity contribution in [2.45, 2.75) is 31.3 Å². The molecule has 0 N–H and O–H groups in total. The molecule has 0 saturated heterocycles. The lowest BCUT2D eigenvalue weighted by molar-refractivity contribution is 0.0429. The van der Waals surface area contributed by atoms with Crippen LogP contribution in [0, 0.1) is 0 Å². The highest BCUT2D eigenvalue weighted by Gasteiger charge is 2.22. The van der Waals surface area contributed by atoms with Crippen LogP contribution in [0.2, 0.25) is 5.02 Å². The first kappa shape index (κ1) is 19.4. The Morgan fingerprint density at radius 2 is 2.08 bits per heavy atom. The van der Waals surface area contributed by atoms with Crippen molar-refractivity contribution >= 4 is 27.6 Å². The van der Waals surface area contributed by atoms with Gasteiger partial charge >= 0.3 is 5.97 Å². The molecule has 0 aliphatic carbocycles. The fraction of sp³-hybridized carbons (Fsp3) is 0.400. The third kappa shape index (κ3) is 4.56. The Morgan fingerprint density at radius 1 is 1.36 bits per heavy atom. The third-order valence-corrected chi connectivity index (χ3v) is 5.39. The van der Waals surface area contributed by atoms with Crippen LogP contribution in [-0.2, 0) is 27.8 Å². The van der Waals surface area contributed by atoms with Gasteiger partial charge in [0.25, 0.3) is 5.89 Å². The molecular weight excluding hydrogens is 370 g/mol. The van der Waals surface area contributed by atoms with E-state index >= 15 is 0 Å². The van der Waals surface area contributed by atoms with Crippen molar-refractivity contribution in [2.75, 3.05) is 14.1 Å². The van der Waals surface area contributed by atoms with Crippen LogP contribution in [0.3, 0.4) is 0 Å². The fourth-order valence-electron chi connectivity index (χ4n) is 1.91. The van der Waals surface area contributed by atoms with Crippen molar-refractivity contribution in [3.63, 3.8) is 0 Å². The van der Waals surface area contributed by atoms with Crippen molar-refractivity contribution in [2.24, 2.45) is 0 Å². The van der Waals surface area contributed by atoms with Crippen molar-refractivity contribution in [3.05, 3.63) is 40.5 Å². The molecule has 0 unspecified atom stereocenters. The molecule has 0 saturated carbocycles. The summed E-state index contributed by atoms with van der Waals surface area (Å²) in [6.07, 6.45) is 1.52. The Bertz CT molecular complexity index is 864. The largest absolute Gasteiger partial charge is 0.452 e. The van der Waals surface area contributed by atoms with Gasteiger partial charge in [0.1, 0.15) is 0 Å². The summed E-state index contributed by atoms with van der Waals surface area (Å²) in [6, 6.07) is 3.83. The van der Waals surface area contributed by atoms with Crippen LogP contribution in [0.5, 0.6) is 0 Å². The van der Waals surface area contributed by atoms with Gasteiger partial charge in [-0.2, -0.15) is 4.98 Å². The van der Waals surface area contributed by atoms with Crippen LogP contribution in [0.15, 0.2) is 27.6 Å². The molecular formula is C15H18ClN3O5S. The second kappa shape index (κ2) is 7.94. The lowest BCUT2D eigenvalue weighted by Gasteiger charge is -2.12. The Morgan fingerprint density at radius 3 is 2.72 bits per heavy atom. The molecule has 0 spiro atoms. The molecule has 0 atom stereocenters. The number of carbonyl (C=O) groups is 1. The Hall–Kier alpha value is -1.97. The third-order valence-electron chi connectivity index (χ3n) is 3.25. The predicted molar refractivity (Wildman–Crippen MR) is 89.7 cm³/mol. The van der Waals surface area contributed by atoms with Gasteiger partial charge in [0.15, 0.2) is 12.4 Å². The van der Waals surface area contributed by atoms with Gasteiger partial charge in [-0.15, -0.1) is 0 Å². The maximum Gasteiger partial charge on any atom is 0.340 e. The van der Waals surface area contributed by atoms with Gasteiger partial charge in [-0.25, -0.2) is 17.5 Å². The molecule has 1 aromatic heterocycles. The number of aryl methyl sites for hydroxylation is 1. The second-order valence-electron chi connectivity index (χ2n) is 5.36. The van der Waals surface area contributed by atoms with E-state index in [0.29, 0.717) is 12.2 Å². The van der Waals surface area contributed by atoms with Crippen molar-refractivity contribution in [1.82, 2.24) is 14.4 Å². The number of hydrogen-bond donors (Lipinski definition) is 0. The molecule has 0 bridgehead atoms. The summed E-state index contributed by atoms with van der Waals surface area (Å²) in [5, 5.41) is 3.83. The first-order chi connectivity index (χ1) is 11.8. The van der Waals surface area contributed by atoms with E-state index in [0.717, 1.165) is 10.7 Å². The molecule has 0 radical (unpaired) electrons. The number of carbonyl (C=O) groups excluding carboxylic acids is 1. The van der Waals surface area contributed by atoms with Gasteiger partial charge in [0.05, 0.1) is 15.5 Å². The topological polar surface area (TPSA) is 103 Å². The Kier molecular flexibility index (Phi) is 6.15. The highest BCUT2D eigenvalue weighted by atomic mass is 35.5. The number of halogens is 1. The molecule has 0 fully saturated rings. The zero-order valence-electron chi connectivity index (χ0n) is 14.0. The van der Waals surface area contributed by atoms with Crippen LogP contribution in [0.25, 0.3) is 0 Å². The molecule has 2 aromatic rings. The monoisotopic (exact) mass is 387 g/mol. The number of nitrogens with zero attached hydrogens (tertiary/aromatic N) is 3. The highest BCUT2D eigenvalue weighted by molar-refractivity contribution is 7.89. The summed E-state index contributed by atoms with van der Waals surface area (Å²) in [6.45, 7) is 1.75. The maximum atomic E-state index is 12.2. The van der Waals surface area contributed by atoms with Gasteiger partial charge in [-0.05, 0) is 24.6 Å². The van der Waals surface area contributed by atoms with Crippen LogP contribution in [0.1, 0.15) is 35.4 Å². The van der Waals surface area contributed by atoms with Crippen LogP contribution in [-0.4, -0.2) is 42.9 Å². The molecule has 0 aliphatic heterocycles. The van der Waals surface area contributed by atoms with E-state index in [9.17, 15) is 13.2 Å². The lowest BCUT2D eigenvalue weighted by atomic mass is 10.2. The molecule has 136 valence electrons. The number of esters is 1. The highest BCUT2D eigenvalue weighted by Crippen LogP contribution is 2.23. The molecule has 25 heavy (non-hydrogen) atoms. The molecule has 8 nitrogen and oxygen atoms in total. The van der Waals surface area contributed by atoms with E-state index in [1.54, 1.807) is 0 Å². The SMILES string of the molecule is CCCc1noc(COC(=O)c2cc(S(=O)(=O)N(C)C)ccc2Cl)n1. The zero-order valence-corrected chi connectivity index (χ0v) is 15.6. The standard InChI is InChI=1S/C15H18ClN3O5S/c1-4-5-13-17-14(24-18-13)9-23-15(20)11-8-10(6-7-12(11)16)25(21,22)19(2)3/h6-8H,4-5,9H2,1-3H3. The minimum absolute atomic E-state index is 0.0575. The lowest BCUT2D eigenvalue weighted by Crippen LogP contribution is -2.22. The average Bonchev–Trinajstić information content (AvgIpc) is 3.00. The number of ether oxygens (including phenoxy) is 1. The molecule has 10 heteroatoms. The van der Waals surface area contributed by atoms with Crippen molar-refractivity contribution < 1.29 is 22.5 Å². The summed E-state index contributed by atoms with van der Waals surface area (Å²) < 4.78 is 35.4. The second-order valence-corrected chi connectivity index (χ2v) is 7.92. The van der Waals surface area contributed by atoms with Gasteiger partial charge in [-0.1, -0.05) is 23.7 Å². The van der Waals surface area contributed by atoms with E-state index in [1.807, 2.05) is 6.92 Å². The number of sulfonamides is 1. The van der Waals surface area contributed by atoms with E-state index in [1.165, 1.54) is 32.3 Å². The Balaban J connectivity index is 2.15. The van der Waals surface area contributed by atoms with Gasteiger partial charge in [-0.3, -0.25) is 0 Å². The molecule has 2 rings (SSSR count). The maximum absolute atomic E-state index is 12.2. The predicted octanol–water partition coefficient (Wildman–Crippen LogP) is 2.28. The normalized spacial score (nSPS) is 11.7. The first-order valence-electron chi connectivity index (χ1n) is 7.46. The fourth-order valence-corrected chi connectivity index (χ4v) is 3.03. The first-order valence-corrected chi connectivity index (χ1v) is 9.28. The van der Waals surface area contributed by atoms with E-state index in [2.05, 4.69) is 10.1 Å². The van der Waals surface area contributed by atoms with Crippen LogP contribution in [0.4, 0.5) is 0 Å². The molecule has 1 heterocycles. The number of aromatic nitrogens is 2. The summed E-state index contributed by atoms with van der Waals surface area (Å²) in [7, 11) is -0.905. The molecule has 1 aromatic carbocycles. The number of rotatable bonds is 7. The zero-order chi connectivity index (χ0) is 18.6. The van der Waals surface area contributed by atoms with Gasteiger partial charge < -0.3 is 9.26 Å². The van der Waals surface area contributed by atoms with Crippen molar-refractivity contribution in [1.29, 1.82) is 0 Å². The number of hydrogen-bond acceptors (Lipinski definition) is 7. The summed E-state index contributed by atoms with van der Waals surface area (Å²) in [5.74, 6) is -0.0910.